The fourth-order valence-corrected chi connectivity index (χ4v) is 4.90. The molecule has 0 radical (unpaired) electrons. The number of carboxylic acids is 1. The molecule has 2 aromatic heterocycles. The fraction of sp³-hybridized carbons (Fsp3) is 0.0625. The second-order valence-corrected chi connectivity index (χ2v) is 10.1. The van der Waals surface area contributed by atoms with Gasteiger partial charge in [-0.05, 0) is 70.0 Å². The van der Waals surface area contributed by atoms with Crippen molar-refractivity contribution in [3.8, 4) is 23.1 Å². The zero-order valence-corrected chi connectivity index (χ0v) is 23.7. The van der Waals surface area contributed by atoms with Crippen molar-refractivity contribution in [3.63, 3.8) is 0 Å². The number of benzene rings is 4. The molecule has 208 valence electrons. The summed E-state index contributed by atoms with van der Waals surface area (Å²) in [5.74, 6) is 0.525. The number of nitrogens with zero attached hydrogens (tertiary/aromatic N) is 3. The lowest BCUT2D eigenvalue weighted by Crippen LogP contribution is -2.20. The molecule has 0 amide bonds. The SMILES string of the molecule is COc1cc(C=Nn2c(-c3cc4ccccc4o3)nc3ccccc3c2=O)c(Br)cc1OCc1cccc(C(=O)O)c1. The van der Waals surface area contributed by atoms with Crippen LogP contribution in [-0.4, -0.2) is 34.1 Å². The number of para-hydroxylation sites is 2. The average Bonchev–Trinajstić information content (AvgIpc) is 3.44. The van der Waals surface area contributed by atoms with Gasteiger partial charge in [-0.1, -0.05) is 42.5 Å². The lowest BCUT2D eigenvalue weighted by Gasteiger charge is -2.13. The summed E-state index contributed by atoms with van der Waals surface area (Å²) in [7, 11) is 1.51. The van der Waals surface area contributed by atoms with Crippen LogP contribution in [0, 0.1) is 0 Å². The summed E-state index contributed by atoms with van der Waals surface area (Å²) in [6.45, 7) is 0.135. The van der Waals surface area contributed by atoms with Crippen LogP contribution >= 0.6 is 15.9 Å². The van der Waals surface area contributed by atoms with Gasteiger partial charge in [-0.15, -0.1) is 0 Å². The van der Waals surface area contributed by atoms with Crippen LogP contribution < -0.4 is 15.0 Å². The first-order chi connectivity index (χ1) is 20.4. The molecule has 9 nitrogen and oxygen atoms in total. The summed E-state index contributed by atoms with van der Waals surface area (Å²) in [6.07, 6.45) is 1.52. The van der Waals surface area contributed by atoms with Gasteiger partial charge in [0.1, 0.15) is 12.2 Å². The smallest absolute Gasteiger partial charge is 0.335 e. The van der Waals surface area contributed by atoms with Gasteiger partial charge in [0.25, 0.3) is 5.56 Å². The van der Waals surface area contributed by atoms with Gasteiger partial charge in [-0.25, -0.2) is 9.78 Å². The molecule has 0 saturated heterocycles. The van der Waals surface area contributed by atoms with E-state index in [4.69, 9.17) is 18.9 Å². The standard InChI is InChI=1S/C32H22BrN3O6/c1-40-27-15-22(24(33)16-28(27)41-18-19-7-6-9-21(13-19)32(38)39)17-34-36-30(29-14-20-8-2-5-12-26(20)42-29)35-25-11-4-3-10-23(25)31(36)37/h2-17H,18H2,1H3,(H,38,39). The molecule has 0 aliphatic heterocycles. The maximum atomic E-state index is 13.6. The minimum absolute atomic E-state index is 0.135. The van der Waals surface area contributed by atoms with Crippen molar-refractivity contribution < 1.29 is 23.8 Å². The maximum absolute atomic E-state index is 13.6. The first kappa shape index (κ1) is 27.0. The number of aromatic carboxylic acids is 1. The molecule has 2 heterocycles. The van der Waals surface area contributed by atoms with Gasteiger partial charge < -0.3 is 19.0 Å². The molecule has 42 heavy (non-hydrogen) atoms. The molecule has 0 spiro atoms. The first-order valence-electron chi connectivity index (χ1n) is 12.8. The zero-order chi connectivity index (χ0) is 29.2. The normalized spacial score (nSPS) is 11.4. The van der Waals surface area contributed by atoms with Crippen LogP contribution in [0.2, 0.25) is 0 Å². The third-order valence-electron chi connectivity index (χ3n) is 6.56. The van der Waals surface area contributed by atoms with Crippen molar-refractivity contribution >= 4 is 50.0 Å². The monoisotopic (exact) mass is 623 g/mol. The molecule has 4 aromatic carbocycles. The Bertz CT molecular complexity index is 2030. The van der Waals surface area contributed by atoms with E-state index in [0.717, 1.165) is 5.39 Å². The Hall–Kier alpha value is -5.22. The lowest BCUT2D eigenvalue weighted by atomic mass is 10.1. The molecule has 0 unspecified atom stereocenters. The molecule has 6 aromatic rings. The predicted octanol–water partition coefficient (Wildman–Crippen LogP) is 6.74. The summed E-state index contributed by atoms with van der Waals surface area (Å²) in [5, 5.41) is 15.1. The van der Waals surface area contributed by atoms with Crippen LogP contribution in [0.5, 0.6) is 11.5 Å². The first-order valence-corrected chi connectivity index (χ1v) is 13.6. The highest BCUT2D eigenvalue weighted by Gasteiger charge is 2.17. The van der Waals surface area contributed by atoms with Gasteiger partial charge >= 0.3 is 5.97 Å². The van der Waals surface area contributed by atoms with Crippen LogP contribution in [-0.2, 0) is 6.61 Å². The molecule has 0 fully saturated rings. The van der Waals surface area contributed by atoms with Crippen molar-refractivity contribution in [1.82, 2.24) is 9.66 Å². The van der Waals surface area contributed by atoms with E-state index in [1.807, 2.05) is 36.4 Å². The summed E-state index contributed by atoms with van der Waals surface area (Å²) in [5.41, 5.74) is 2.34. The number of rotatable bonds is 8. The number of ether oxygens (including phenoxy) is 2. The van der Waals surface area contributed by atoms with E-state index in [1.54, 1.807) is 48.5 Å². The number of fused-ring (bicyclic) bond motifs is 2. The van der Waals surface area contributed by atoms with E-state index in [0.29, 0.717) is 49.3 Å². The molecule has 0 atom stereocenters. The molecule has 0 bridgehead atoms. The molecule has 1 N–H and O–H groups in total. The Morgan fingerprint density at radius 3 is 2.64 bits per heavy atom. The topological polar surface area (TPSA) is 116 Å². The van der Waals surface area contributed by atoms with Gasteiger partial charge in [-0.2, -0.15) is 9.78 Å². The largest absolute Gasteiger partial charge is 0.493 e. The average molecular weight is 624 g/mol. The number of halogens is 1. The van der Waals surface area contributed by atoms with Gasteiger partial charge in [0.15, 0.2) is 17.3 Å². The van der Waals surface area contributed by atoms with Crippen LogP contribution in [0.25, 0.3) is 33.5 Å². The number of hydrogen-bond donors (Lipinski definition) is 1. The number of carbonyl (C=O) groups is 1. The molecular formula is C32H22BrN3O6. The van der Waals surface area contributed by atoms with E-state index in [9.17, 15) is 14.7 Å². The Labute approximate surface area is 247 Å². The summed E-state index contributed by atoms with van der Waals surface area (Å²) >= 11 is 3.56. The van der Waals surface area contributed by atoms with E-state index in [2.05, 4.69) is 21.0 Å². The van der Waals surface area contributed by atoms with Gasteiger partial charge in [0, 0.05) is 15.4 Å². The predicted molar refractivity (Wildman–Crippen MR) is 163 cm³/mol. The summed E-state index contributed by atoms with van der Waals surface area (Å²) in [6, 6.07) is 26.4. The number of furan rings is 1. The number of hydrogen-bond acceptors (Lipinski definition) is 7. The fourth-order valence-electron chi connectivity index (χ4n) is 4.48. The Kier molecular flexibility index (Phi) is 7.28. The highest BCUT2D eigenvalue weighted by molar-refractivity contribution is 9.10. The van der Waals surface area contributed by atoms with Crippen LogP contribution in [0.4, 0.5) is 0 Å². The molecule has 0 aliphatic rings. The zero-order valence-electron chi connectivity index (χ0n) is 22.2. The van der Waals surface area contributed by atoms with Crippen molar-refractivity contribution in [3.05, 3.63) is 123 Å². The van der Waals surface area contributed by atoms with E-state index in [1.165, 1.54) is 24.1 Å². The second kappa shape index (κ2) is 11.3. The van der Waals surface area contributed by atoms with Crippen molar-refractivity contribution in [2.24, 2.45) is 5.10 Å². The maximum Gasteiger partial charge on any atom is 0.335 e. The number of methoxy groups -OCH3 is 1. The van der Waals surface area contributed by atoms with Crippen LogP contribution in [0.3, 0.4) is 0 Å². The molecule has 10 heteroatoms. The van der Waals surface area contributed by atoms with Crippen molar-refractivity contribution in [1.29, 1.82) is 0 Å². The quantitative estimate of drug-likeness (QED) is 0.187. The third-order valence-corrected chi connectivity index (χ3v) is 7.25. The minimum Gasteiger partial charge on any atom is -0.493 e. The minimum atomic E-state index is -1.01. The van der Waals surface area contributed by atoms with Crippen molar-refractivity contribution in [2.45, 2.75) is 6.61 Å². The van der Waals surface area contributed by atoms with E-state index in [-0.39, 0.29) is 23.6 Å². The van der Waals surface area contributed by atoms with E-state index < -0.39 is 5.97 Å². The molecule has 0 saturated carbocycles. The summed E-state index contributed by atoms with van der Waals surface area (Å²) in [4.78, 5) is 29.6. The molecule has 0 aliphatic carbocycles. The van der Waals surface area contributed by atoms with E-state index >= 15 is 0 Å². The van der Waals surface area contributed by atoms with Crippen LogP contribution in [0.15, 0.2) is 110 Å². The molecule has 6 rings (SSSR count). The van der Waals surface area contributed by atoms with Gasteiger partial charge in [-0.3, -0.25) is 4.79 Å². The highest BCUT2D eigenvalue weighted by Crippen LogP contribution is 2.34. The Balaban J connectivity index is 1.37. The highest BCUT2D eigenvalue weighted by atomic mass is 79.9. The molecular weight excluding hydrogens is 602 g/mol. The van der Waals surface area contributed by atoms with Gasteiger partial charge in [0.2, 0.25) is 5.82 Å². The van der Waals surface area contributed by atoms with Gasteiger partial charge in [0.05, 0.1) is 29.8 Å². The summed E-state index contributed by atoms with van der Waals surface area (Å²) < 4.78 is 19.4. The number of aromatic nitrogens is 2. The van der Waals surface area contributed by atoms with Crippen molar-refractivity contribution in [2.75, 3.05) is 7.11 Å². The Morgan fingerprint density at radius 1 is 1.02 bits per heavy atom. The lowest BCUT2D eigenvalue weighted by molar-refractivity contribution is 0.0696. The second-order valence-electron chi connectivity index (χ2n) is 9.28. The third kappa shape index (κ3) is 5.27. The number of carboxylic acid groups (broad SMARTS) is 1. The Morgan fingerprint density at radius 2 is 1.83 bits per heavy atom. The van der Waals surface area contributed by atoms with Crippen LogP contribution in [0.1, 0.15) is 21.5 Å².